The first-order valence-corrected chi connectivity index (χ1v) is 9.55. The van der Waals surface area contributed by atoms with Gasteiger partial charge in [0, 0.05) is 54.0 Å². The predicted octanol–water partition coefficient (Wildman–Crippen LogP) is 3.74. The van der Waals surface area contributed by atoms with Crippen molar-refractivity contribution in [3.8, 4) is 5.75 Å². The predicted molar refractivity (Wildman–Crippen MR) is 112 cm³/mol. The lowest BCUT2D eigenvalue weighted by Gasteiger charge is -2.19. The largest absolute Gasteiger partial charge is 0.452 e. The van der Waals surface area contributed by atoms with Gasteiger partial charge >= 0.3 is 0 Å². The quantitative estimate of drug-likeness (QED) is 0.636. The highest BCUT2D eigenvalue weighted by Gasteiger charge is 2.44. The Balaban J connectivity index is 1.56. The minimum absolute atomic E-state index is 0.0157. The Kier molecular flexibility index (Phi) is 4.99. The van der Waals surface area contributed by atoms with Gasteiger partial charge in [-0.15, -0.1) is 0 Å². The van der Waals surface area contributed by atoms with Crippen molar-refractivity contribution < 1.29 is 13.9 Å². The highest BCUT2D eigenvalue weighted by molar-refractivity contribution is 5.96. The zero-order valence-corrected chi connectivity index (χ0v) is 16.7. The number of aryl methyl sites for hydroxylation is 1. The van der Waals surface area contributed by atoms with Crippen molar-refractivity contribution in [2.75, 3.05) is 5.32 Å². The molecular formula is C22H22FN5O2. The van der Waals surface area contributed by atoms with Crippen LogP contribution in [0.3, 0.4) is 0 Å². The molecule has 0 radical (unpaired) electrons. The second-order valence-corrected chi connectivity index (χ2v) is 7.66. The number of benzene rings is 1. The van der Waals surface area contributed by atoms with Crippen LogP contribution in [0, 0.1) is 16.6 Å². The molecule has 1 aliphatic carbocycles. The van der Waals surface area contributed by atoms with E-state index in [1.165, 1.54) is 18.2 Å². The molecule has 1 aliphatic heterocycles. The monoisotopic (exact) mass is 407 g/mol. The summed E-state index contributed by atoms with van der Waals surface area (Å²) in [5, 5.41) is 17.3. The summed E-state index contributed by atoms with van der Waals surface area (Å²) in [5.74, 6) is -0.318. The third kappa shape index (κ3) is 4.03. The maximum Gasteiger partial charge on any atom is 0.230 e. The molecule has 154 valence electrons. The first-order chi connectivity index (χ1) is 14.4. The second kappa shape index (κ2) is 7.62. The van der Waals surface area contributed by atoms with E-state index in [0.29, 0.717) is 17.1 Å². The number of ether oxygens (including phenoxy) is 1. The fraction of sp³-hybridized carbons (Fsp3) is 0.227. The number of anilines is 1. The molecule has 2 aliphatic rings. The van der Waals surface area contributed by atoms with Gasteiger partial charge in [-0.05, 0) is 37.1 Å². The molecule has 7 nitrogen and oxygen atoms in total. The van der Waals surface area contributed by atoms with Gasteiger partial charge in [-0.3, -0.25) is 9.48 Å². The van der Waals surface area contributed by atoms with E-state index in [0.717, 1.165) is 30.2 Å². The molecule has 2 heterocycles. The Labute approximate surface area is 173 Å². The number of carbonyl (C=O) groups is 1. The van der Waals surface area contributed by atoms with Crippen LogP contribution >= 0.6 is 0 Å². The Morgan fingerprint density at radius 2 is 2.23 bits per heavy atom. The molecule has 1 fully saturated rings. The number of dihydropyridines is 1. The molecule has 0 atom stereocenters. The van der Waals surface area contributed by atoms with Gasteiger partial charge in [-0.25, -0.2) is 4.39 Å². The Bertz CT molecular complexity index is 1110. The molecule has 0 saturated heterocycles. The third-order valence-corrected chi connectivity index (χ3v) is 5.18. The molecule has 1 saturated carbocycles. The number of nitrogens with one attached hydrogen (secondary N) is 3. The summed E-state index contributed by atoms with van der Waals surface area (Å²) in [6.07, 6.45) is 11.4. The number of rotatable bonds is 6. The SMILES string of the molecule is Cn1cc(C2=CN/C(=C\C=N)C(Oc3ccc(NC(=O)C4(C)CC4)cc3F)=C2)cn1. The Hall–Kier alpha value is -3.68. The lowest BCUT2D eigenvalue weighted by Crippen LogP contribution is -2.21. The van der Waals surface area contributed by atoms with Gasteiger partial charge in [0.1, 0.15) is 0 Å². The Morgan fingerprint density at radius 3 is 2.87 bits per heavy atom. The van der Waals surface area contributed by atoms with Crippen molar-refractivity contribution in [1.82, 2.24) is 15.1 Å². The highest BCUT2D eigenvalue weighted by Crippen LogP contribution is 2.45. The van der Waals surface area contributed by atoms with E-state index >= 15 is 0 Å². The summed E-state index contributed by atoms with van der Waals surface area (Å²) in [6.45, 7) is 1.89. The Morgan fingerprint density at radius 1 is 1.43 bits per heavy atom. The third-order valence-electron chi connectivity index (χ3n) is 5.18. The van der Waals surface area contributed by atoms with Gasteiger partial charge < -0.3 is 20.8 Å². The molecular weight excluding hydrogens is 385 g/mol. The molecule has 1 aromatic heterocycles. The summed E-state index contributed by atoms with van der Waals surface area (Å²) < 4.78 is 22.2. The average molecular weight is 407 g/mol. The van der Waals surface area contributed by atoms with Gasteiger partial charge in [-0.2, -0.15) is 5.10 Å². The number of hydrogen-bond donors (Lipinski definition) is 3. The lowest BCUT2D eigenvalue weighted by molar-refractivity contribution is -0.120. The van der Waals surface area contributed by atoms with Crippen LogP contribution in [0.5, 0.6) is 5.75 Å². The van der Waals surface area contributed by atoms with Crippen LogP contribution < -0.4 is 15.4 Å². The van der Waals surface area contributed by atoms with Crippen LogP contribution in [0.4, 0.5) is 10.1 Å². The van der Waals surface area contributed by atoms with Gasteiger partial charge in [0.25, 0.3) is 0 Å². The first kappa shape index (κ1) is 19.6. The van der Waals surface area contributed by atoms with Crippen molar-refractivity contribution in [2.24, 2.45) is 12.5 Å². The molecule has 0 bridgehead atoms. The number of allylic oxidation sites excluding steroid dienone is 3. The minimum atomic E-state index is -0.596. The molecule has 1 aromatic carbocycles. The highest BCUT2D eigenvalue weighted by atomic mass is 19.1. The standard InChI is InChI=1S/C22H22FN5O2/c1-22(6-7-22)21(29)27-16-3-4-19(17(23)10-16)30-20-9-14(11-25-18(20)5-8-24)15-12-26-28(2)13-15/h3-5,8-13,24-25H,6-7H2,1-2H3,(H,27,29)/b18-5-,24-8?. The van der Waals surface area contributed by atoms with Crippen molar-refractivity contribution in [1.29, 1.82) is 5.41 Å². The smallest absolute Gasteiger partial charge is 0.230 e. The van der Waals surface area contributed by atoms with Crippen molar-refractivity contribution >= 4 is 23.4 Å². The summed E-state index contributed by atoms with van der Waals surface area (Å²) in [4.78, 5) is 12.2. The summed E-state index contributed by atoms with van der Waals surface area (Å²) in [5.41, 5.74) is 2.25. The second-order valence-electron chi connectivity index (χ2n) is 7.66. The minimum Gasteiger partial charge on any atom is -0.452 e. The number of amides is 1. The van der Waals surface area contributed by atoms with Crippen LogP contribution in [0.2, 0.25) is 0 Å². The van der Waals surface area contributed by atoms with Crippen LogP contribution in [0.15, 0.2) is 60.4 Å². The summed E-state index contributed by atoms with van der Waals surface area (Å²) >= 11 is 0. The molecule has 0 spiro atoms. The van der Waals surface area contributed by atoms with Crippen LogP contribution in [0.25, 0.3) is 5.57 Å². The number of nitrogens with zero attached hydrogens (tertiary/aromatic N) is 2. The fourth-order valence-electron chi connectivity index (χ4n) is 3.00. The van der Waals surface area contributed by atoms with Gasteiger partial charge in [0.2, 0.25) is 5.91 Å². The van der Waals surface area contributed by atoms with E-state index < -0.39 is 5.82 Å². The van der Waals surface area contributed by atoms with Crippen molar-refractivity contribution in [3.63, 3.8) is 0 Å². The topological polar surface area (TPSA) is 92.0 Å². The van der Waals surface area contributed by atoms with E-state index in [1.807, 2.05) is 20.2 Å². The normalized spacial score (nSPS) is 18.2. The molecule has 30 heavy (non-hydrogen) atoms. The molecule has 3 N–H and O–H groups in total. The van der Waals surface area contributed by atoms with E-state index in [9.17, 15) is 9.18 Å². The zero-order chi connectivity index (χ0) is 21.3. The van der Waals surface area contributed by atoms with Gasteiger partial charge in [0.05, 0.1) is 11.9 Å². The molecule has 8 heteroatoms. The number of halogens is 1. The van der Waals surface area contributed by atoms with E-state index in [2.05, 4.69) is 15.7 Å². The molecule has 0 unspecified atom stereocenters. The van der Waals surface area contributed by atoms with Crippen molar-refractivity contribution in [3.05, 3.63) is 71.8 Å². The number of hydrogen-bond acceptors (Lipinski definition) is 5. The van der Waals surface area contributed by atoms with Gasteiger partial charge in [0.15, 0.2) is 17.3 Å². The van der Waals surface area contributed by atoms with Crippen LogP contribution in [0.1, 0.15) is 25.3 Å². The van der Waals surface area contributed by atoms with Crippen molar-refractivity contribution in [2.45, 2.75) is 19.8 Å². The number of carbonyl (C=O) groups excluding carboxylic acids is 1. The van der Waals surface area contributed by atoms with E-state index in [-0.39, 0.29) is 17.1 Å². The molecule has 2 aromatic rings. The summed E-state index contributed by atoms with van der Waals surface area (Å²) in [6, 6.07) is 4.33. The fourth-order valence-corrected chi connectivity index (χ4v) is 3.00. The van der Waals surface area contributed by atoms with Crippen LogP contribution in [-0.4, -0.2) is 21.9 Å². The number of aromatic nitrogens is 2. The van der Waals surface area contributed by atoms with E-state index in [4.69, 9.17) is 10.1 Å². The maximum atomic E-state index is 14.7. The first-order valence-electron chi connectivity index (χ1n) is 9.55. The van der Waals surface area contributed by atoms with Gasteiger partial charge in [-0.1, -0.05) is 6.92 Å². The van der Waals surface area contributed by atoms with Crippen LogP contribution in [-0.2, 0) is 11.8 Å². The molecule has 1 amide bonds. The lowest BCUT2D eigenvalue weighted by atomic mass is 10.1. The summed E-state index contributed by atoms with van der Waals surface area (Å²) in [7, 11) is 1.82. The zero-order valence-electron chi connectivity index (χ0n) is 16.7. The molecule has 4 rings (SSSR count). The maximum absolute atomic E-state index is 14.7. The van der Waals surface area contributed by atoms with E-state index in [1.54, 1.807) is 29.2 Å². The average Bonchev–Trinajstić information content (AvgIpc) is 3.33.